The van der Waals surface area contributed by atoms with E-state index in [0.717, 1.165) is 16.9 Å². The fourth-order valence-electron chi connectivity index (χ4n) is 3.42. The van der Waals surface area contributed by atoms with Crippen LogP contribution in [0, 0.1) is 0 Å². The van der Waals surface area contributed by atoms with Gasteiger partial charge in [-0.2, -0.15) is 5.10 Å². The first kappa shape index (κ1) is 20.6. The summed E-state index contributed by atoms with van der Waals surface area (Å²) in [6.07, 6.45) is 2.05. The Labute approximate surface area is 180 Å². The van der Waals surface area contributed by atoms with Gasteiger partial charge in [-0.25, -0.2) is 16.3 Å². The van der Waals surface area contributed by atoms with Crippen LogP contribution in [0.4, 0.5) is 0 Å². The number of aromatic hydroxyl groups is 1. The number of rotatable bonds is 7. The van der Waals surface area contributed by atoms with Crippen LogP contribution in [0.15, 0.2) is 84.0 Å². The van der Waals surface area contributed by atoms with Crippen LogP contribution in [0.25, 0.3) is 0 Å². The lowest BCUT2D eigenvalue weighted by Gasteiger charge is -2.16. The van der Waals surface area contributed by atoms with Gasteiger partial charge in [-0.05, 0) is 35.7 Å². The van der Waals surface area contributed by atoms with Crippen molar-refractivity contribution in [3.63, 3.8) is 0 Å². The molecule has 158 valence electrons. The molecule has 4 rings (SSSR count). The highest BCUT2D eigenvalue weighted by atomic mass is 16.5. The smallest absolute Gasteiger partial charge is 0.258 e. The molecular weight excluding hydrogens is 392 g/mol. The molecule has 7 heteroatoms. The molecule has 1 saturated heterocycles. The van der Waals surface area contributed by atoms with E-state index in [9.17, 15) is 9.90 Å². The number of para-hydroxylation sites is 1. The number of hydrazine groups is 1. The van der Waals surface area contributed by atoms with E-state index in [2.05, 4.69) is 21.4 Å². The number of hydrogen-bond donors (Lipinski definition) is 4. The quantitative estimate of drug-likeness (QED) is 0.351. The number of nitrogens with zero attached hydrogens (tertiary/aromatic N) is 1. The predicted molar refractivity (Wildman–Crippen MR) is 118 cm³/mol. The van der Waals surface area contributed by atoms with Crippen molar-refractivity contribution in [2.45, 2.75) is 25.1 Å². The average Bonchev–Trinajstić information content (AvgIpc) is 3.29. The molecule has 7 nitrogen and oxygen atoms in total. The molecule has 1 aliphatic rings. The summed E-state index contributed by atoms with van der Waals surface area (Å²) in [6, 6.07) is 24.0. The van der Waals surface area contributed by atoms with E-state index < -0.39 is 6.04 Å². The average molecular weight is 416 g/mol. The van der Waals surface area contributed by atoms with Crippen molar-refractivity contribution in [1.82, 2.24) is 16.3 Å². The number of phenols is 1. The van der Waals surface area contributed by atoms with Crippen molar-refractivity contribution in [3.8, 4) is 11.5 Å². The molecule has 0 bridgehead atoms. The minimum absolute atomic E-state index is 0.0715. The Kier molecular flexibility index (Phi) is 6.56. The minimum atomic E-state index is -0.437. The van der Waals surface area contributed by atoms with Crippen LogP contribution >= 0.6 is 0 Å². The van der Waals surface area contributed by atoms with Crippen molar-refractivity contribution >= 4 is 12.1 Å². The van der Waals surface area contributed by atoms with Gasteiger partial charge in [0.25, 0.3) is 5.91 Å². The van der Waals surface area contributed by atoms with Gasteiger partial charge >= 0.3 is 0 Å². The monoisotopic (exact) mass is 416 g/mol. The second-order valence-corrected chi connectivity index (χ2v) is 7.27. The van der Waals surface area contributed by atoms with Crippen molar-refractivity contribution in [2.24, 2.45) is 5.10 Å². The van der Waals surface area contributed by atoms with Gasteiger partial charge < -0.3 is 9.84 Å². The highest BCUT2D eigenvalue weighted by Gasteiger charge is 2.31. The standard InChI is InChI=1S/C24H24N4O3/c29-19-10-6-9-18(13-19)15-25-28-24(30)22-14-21(26-27-22)20-11-4-5-12-23(20)31-16-17-7-2-1-3-8-17/h1-13,15,21-22,26-27,29H,14,16H2,(H,28,30)/b25-15+. The normalized spacial score (nSPS) is 18.2. The molecule has 0 aromatic heterocycles. The summed E-state index contributed by atoms with van der Waals surface area (Å²) in [6.45, 7) is 0.478. The number of ether oxygens (including phenoxy) is 1. The maximum Gasteiger partial charge on any atom is 0.258 e. The zero-order valence-corrected chi connectivity index (χ0v) is 16.9. The minimum Gasteiger partial charge on any atom is -0.508 e. The number of phenolic OH excluding ortho intramolecular Hbond substituents is 1. The molecule has 2 unspecified atom stereocenters. The fourth-order valence-corrected chi connectivity index (χ4v) is 3.42. The van der Waals surface area contributed by atoms with E-state index in [0.29, 0.717) is 18.6 Å². The molecule has 1 amide bonds. The third-order valence-corrected chi connectivity index (χ3v) is 5.01. The molecule has 0 radical (unpaired) electrons. The Balaban J connectivity index is 1.34. The summed E-state index contributed by atoms with van der Waals surface area (Å²) in [7, 11) is 0. The first-order chi connectivity index (χ1) is 15.2. The molecule has 1 aliphatic heterocycles. The Bertz CT molecular complexity index is 1060. The van der Waals surface area contributed by atoms with E-state index in [4.69, 9.17) is 4.74 Å². The molecule has 1 heterocycles. The summed E-state index contributed by atoms with van der Waals surface area (Å²) in [5.41, 5.74) is 11.5. The Morgan fingerprint density at radius 1 is 1.06 bits per heavy atom. The van der Waals surface area contributed by atoms with E-state index in [1.807, 2.05) is 54.6 Å². The Morgan fingerprint density at radius 2 is 1.87 bits per heavy atom. The van der Waals surface area contributed by atoms with Crippen molar-refractivity contribution in [2.75, 3.05) is 0 Å². The van der Waals surface area contributed by atoms with Gasteiger partial charge in [0.1, 0.15) is 24.1 Å². The topological polar surface area (TPSA) is 95.0 Å². The lowest BCUT2D eigenvalue weighted by atomic mass is 10.0. The number of benzene rings is 3. The van der Waals surface area contributed by atoms with Crippen LogP contribution in [-0.4, -0.2) is 23.3 Å². The molecular formula is C24H24N4O3. The molecule has 2 atom stereocenters. The van der Waals surface area contributed by atoms with Crippen LogP contribution in [0.1, 0.15) is 29.2 Å². The van der Waals surface area contributed by atoms with E-state index in [1.54, 1.807) is 24.3 Å². The third kappa shape index (κ3) is 5.48. The van der Waals surface area contributed by atoms with E-state index in [-0.39, 0.29) is 17.7 Å². The molecule has 3 aromatic rings. The number of amides is 1. The molecule has 0 aliphatic carbocycles. The first-order valence-corrected chi connectivity index (χ1v) is 10.1. The van der Waals surface area contributed by atoms with Crippen molar-refractivity contribution in [3.05, 3.63) is 95.6 Å². The molecule has 0 spiro atoms. The predicted octanol–water partition coefficient (Wildman–Crippen LogP) is 3.03. The largest absolute Gasteiger partial charge is 0.508 e. The highest BCUT2D eigenvalue weighted by molar-refractivity contribution is 5.85. The molecule has 3 aromatic carbocycles. The van der Waals surface area contributed by atoms with Gasteiger partial charge in [0.15, 0.2) is 0 Å². The summed E-state index contributed by atoms with van der Waals surface area (Å²) < 4.78 is 6.04. The van der Waals surface area contributed by atoms with Crippen LogP contribution < -0.4 is 21.0 Å². The second-order valence-electron chi connectivity index (χ2n) is 7.27. The van der Waals surface area contributed by atoms with Crippen LogP contribution in [0.2, 0.25) is 0 Å². The van der Waals surface area contributed by atoms with Crippen LogP contribution in [0.5, 0.6) is 11.5 Å². The second kappa shape index (κ2) is 9.88. The fraction of sp³-hybridized carbons (Fsp3) is 0.167. The van der Waals surface area contributed by atoms with Crippen molar-refractivity contribution < 1.29 is 14.6 Å². The zero-order valence-electron chi connectivity index (χ0n) is 16.9. The van der Waals surface area contributed by atoms with E-state index in [1.165, 1.54) is 6.21 Å². The van der Waals surface area contributed by atoms with Crippen molar-refractivity contribution in [1.29, 1.82) is 0 Å². The third-order valence-electron chi connectivity index (χ3n) is 5.01. The SMILES string of the molecule is O=C(N/N=C/c1cccc(O)c1)C1CC(c2ccccc2OCc2ccccc2)NN1. The van der Waals surface area contributed by atoms with Gasteiger partial charge in [-0.1, -0.05) is 60.7 Å². The highest BCUT2D eigenvalue weighted by Crippen LogP contribution is 2.30. The Morgan fingerprint density at radius 3 is 2.71 bits per heavy atom. The number of nitrogens with one attached hydrogen (secondary N) is 3. The maximum atomic E-state index is 12.5. The summed E-state index contributed by atoms with van der Waals surface area (Å²) in [5, 5.41) is 13.5. The summed E-state index contributed by atoms with van der Waals surface area (Å²) >= 11 is 0. The number of hydrazone groups is 1. The van der Waals surface area contributed by atoms with Gasteiger partial charge in [0.05, 0.1) is 12.3 Å². The lowest BCUT2D eigenvalue weighted by Crippen LogP contribution is -2.41. The Hall–Kier alpha value is -3.68. The number of hydrogen-bond acceptors (Lipinski definition) is 6. The van der Waals surface area contributed by atoms with Gasteiger partial charge in [-0.15, -0.1) is 0 Å². The molecule has 0 saturated carbocycles. The molecule has 31 heavy (non-hydrogen) atoms. The van der Waals surface area contributed by atoms with Crippen LogP contribution in [-0.2, 0) is 11.4 Å². The van der Waals surface area contributed by atoms with E-state index >= 15 is 0 Å². The summed E-state index contributed by atoms with van der Waals surface area (Å²) in [4.78, 5) is 12.5. The van der Waals surface area contributed by atoms with Crippen LogP contribution in [0.3, 0.4) is 0 Å². The van der Waals surface area contributed by atoms with Gasteiger partial charge in [-0.3, -0.25) is 4.79 Å². The van der Waals surface area contributed by atoms with Gasteiger partial charge in [0, 0.05) is 5.56 Å². The lowest BCUT2D eigenvalue weighted by molar-refractivity contribution is -0.122. The maximum absolute atomic E-state index is 12.5. The number of carbonyl (C=O) groups is 1. The number of carbonyl (C=O) groups excluding carboxylic acids is 1. The molecule has 1 fully saturated rings. The summed E-state index contributed by atoms with van der Waals surface area (Å²) in [5.74, 6) is 0.690. The molecule has 4 N–H and O–H groups in total. The van der Waals surface area contributed by atoms with Gasteiger partial charge in [0.2, 0.25) is 0 Å². The first-order valence-electron chi connectivity index (χ1n) is 10.1. The zero-order chi connectivity index (χ0) is 21.5.